The van der Waals surface area contributed by atoms with Crippen molar-refractivity contribution in [2.45, 2.75) is 45.4 Å². The highest BCUT2D eigenvalue weighted by atomic mass is 32.2. The van der Waals surface area contributed by atoms with Crippen LogP contribution in [0.1, 0.15) is 60.8 Å². The maximum atomic E-state index is 13.5. The van der Waals surface area contributed by atoms with Crippen LogP contribution in [0, 0.1) is 0 Å². The lowest BCUT2D eigenvalue weighted by molar-refractivity contribution is 0.0964. The normalized spacial score (nSPS) is 14.1. The van der Waals surface area contributed by atoms with E-state index in [9.17, 15) is 13.8 Å². The van der Waals surface area contributed by atoms with Gasteiger partial charge in [-0.2, -0.15) is 0 Å². The van der Waals surface area contributed by atoms with Gasteiger partial charge in [0.1, 0.15) is 28.2 Å². The summed E-state index contributed by atoms with van der Waals surface area (Å²) >= 11 is 0. The molecule has 0 saturated carbocycles. The maximum absolute atomic E-state index is 13.5. The third-order valence-electron chi connectivity index (χ3n) is 10.2. The zero-order valence-electron chi connectivity index (χ0n) is 34.4. The van der Waals surface area contributed by atoms with E-state index in [-0.39, 0.29) is 11.2 Å². The number of urea groups is 1. The summed E-state index contributed by atoms with van der Waals surface area (Å²) in [7, 11) is 3.89. The van der Waals surface area contributed by atoms with Crippen LogP contribution in [-0.2, 0) is 22.8 Å². The number of methoxy groups -OCH3 is 2. The molecule has 1 atom stereocenters. The van der Waals surface area contributed by atoms with Gasteiger partial charge >= 0.3 is 6.03 Å². The summed E-state index contributed by atoms with van der Waals surface area (Å²) in [4.78, 5) is 36.1. The zero-order valence-corrected chi connectivity index (χ0v) is 35.3. The Morgan fingerprint density at radius 1 is 0.828 bits per heavy atom. The number of amides is 2. The molecule has 1 saturated heterocycles. The quantitative estimate of drug-likeness (QED) is 0.0891. The van der Waals surface area contributed by atoms with E-state index in [2.05, 4.69) is 58.0 Å². The number of Topliss-reactive ketones (excluding diaryl/α,β-unsaturated/α-hetero) is 1. The van der Waals surface area contributed by atoms with E-state index in [0.29, 0.717) is 58.5 Å². The molecule has 4 aromatic carbocycles. The second-order valence-corrected chi connectivity index (χ2v) is 16.7. The fourth-order valence-corrected chi connectivity index (χ4v) is 7.51. The second-order valence-electron chi connectivity index (χ2n) is 15.6. The number of ether oxygens (including phenoxy) is 3. The van der Waals surface area contributed by atoms with E-state index in [4.69, 9.17) is 14.2 Å². The van der Waals surface area contributed by atoms with Crippen LogP contribution < -0.4 is 29.6 Å². The van der Waals surface area contributed by atoms with E-state index in [1.54, 1.807) is 25.4 Å². The van der Waals surface area contributed by atoms with Crippen molar-refractivity contribution in [2.24, 2.45) is 0 Å². The van der Waals surface area contributed by atoms with Crippen LogP contribution in [0.5, 0.6) is 23.0 Å². The SMILES string of the molecule is COc1cc(Cc2cc(Oc3ccc(NC(=O)Nc4cc(C(C)(C)C)cc(NS(C)=O)c4OC)c4ccccc34)ccn2)ccc1C(=O)CCCN1CCN(C)CC1. The molecule has 58 heavy (non-hydrogen) atoms. The number of hydrogen-bond donors (Lipinski definition) is 3. The number of hydrogen-bond acceptors (Lipinski definition) is 9. The van der Waals surface area contributed by atoms with E-state index in [0.717, 1.165) is 66.7 Å². The smallest absolute Gasteiger partial charge is 0.323 e. The first-order valence-corrected chi connectivity index (χ1v) is 21.0. The van der Waals surface area contributed by atoms with Crippen molar-refractivity contribution in [3.8, 4) is 23.0 Å². The molecule has 2 amide bonds. The highest BCUT2D eigenvalue weighted by Gasteiger charge is 2.22. The number of pyridine rings is 1. The molecule has 0 radical (unpaired) electrons. The number of ketones is 1. The summed E-state index contributed by atoms with van der Waals surface area (Å²) in [5.41, 5.74) is 4.57. The van der Waals surface area contributed by atoms with E-state index < -0.39 is 17.0 Å². The maximum Gasteiger partial charge on any atom is 0.323 e. The summed E-state index contributed by atoms with van der Waals surface area (Å²) in [6.07, 6.45) is 5.06. The molecule has 5 aromatic rings. The number of rotatable bonds is 15. The van der Waals surface area contributed by atoms with Crippen LogP contribution in [0.2, 0.25) is 0 Å². The number of benzene rings is 4. The average molecular weight is 807 g/mol. The molecule has 2 heterocycles. The van der Waals surface area contributed by atoms with Gasteiger partial charge in [0.15, 0.2) is 11.5 Å². The molecule has 1 aromatic heterocycles. The van der Waals surface area contributed by atoms with E-state index >= 15 is 0 Å². The molecule has 0 bridgehead atoms. The standard InChI is InChI=1S/C45H54N6O6S/c1-45(2,3)31-27-38(43(56-6)39(28-31)49-58(7)54)48-44(53)47-37-16-17-41(35-12-9-8-11-34(35)37)57-33-18-19-46-32(29-33)25-30-14-15-36(42(26-30)55-5)40(52)13-10-20-51-23-21-50(4)22-24-51/h8-9,11-12,14-19,26-29,49H,10,13,20-25H2,1-7H3,(H2,47,48,53). The van der Waals surface area contributed by atoms with Gasteiger partial charge in [0.2, 0.25) is 0 Å². The molecule has 13 heteroatoms. The first-order valence-electron chi connectivity index (χ1n) is 19.5. The Kier molecular flexibility index (Phi) is 13.7. The summed E-state index contributed by atoms with van der Waals surface area (Å²) in [6.45, 7) is 11.3. The molecule has 306 valence electrons. The predicted octanol–water partition coefficient (Wildman–Crippen LogP) is 8.49. The van der Waals surface area contributed by atoms with Crippen LogP contribution >= 0.6 is 0 Å². The summed E-state index contributed by atoms with van der Waals surface area (Å²) < 4.78 is 32.8. The number of anilines is 3. The molecule has 0 spiro atoms. The molecule has 1 aliphatic heterocycles. The summed E-state index contributed by atoms with van der Waals surface area (Å²) in [6, 6.07) is 24.0. The van der Waals surface area contributed by atoms with Crippen LogP contribution in [-0.4, -0.2) is 91.1 Å². The average Bonchev–Trinajstić information content (AvgIpc) is 3.19. The van der Waals surface area contributed by atoms with Crippen LogP contribution in [0.3, 0.4) is 0 Å². The number of piperazine rings is 1. The van der Waals surface area contributed by atoms with Crippen molar-refractivity contribution in [1.29, 1.82) is 0 Å². The van der Waals surface area contributed by atoms with Gasteiger partial charge in [-0.05, 0) is 79.0 Å². The summed E-state index contributed by atoms with van der Waals surface area (Å²) in [5.74, 6) is 2.24. The molecule has 1 fully saturated rings. The Hall–Kier alpha value is -5.50. The van der Waals surface area contributed by atoms with Gasteiger partial charge in [-0.25, -0.2) is 9.00 Å². The number of carbonyl (C=O) groups is 2. The second kappa shape index (κ2) is 18.8. The van der Waals surface area contributed by atoms with Gasteiger partial charge in [-0.15, -0.1) is 0 Å². The first-order chi connectivity index (χ1) is 27.8. The lowest BCUT2D eigenvalue weighted by atomic mass is 9.86. The number of fused-ring (bicyclic) bond motifs is 1. The molecule has 6 rings (SSSR count). The fraction of sp³-hybridized carbons (Fsp3) is 0.356. The highest BCUT2D eigenvalue weighted by molar-refractivity contribution is 7.85. The van der Waals surface area contributed by atoms with Gasteiger partial charge in [-0.3, -0.25) is 9.78 Å². The van der Waals surface area contributed by atoms with Crippen molar-refractivity contribution >= 4 is 50.6 Å². The topological polar surface area (TPSA) is 134 Å². The summed E-state index contributed by atoms with van der Waals surface area (Å²) in [5, 5.41) is 7.51. The number of carbonyl (C=O) groups excluding carboxylic acids is 2. The minimum Gasteiger partial charge on any atom is -0.496 e. The zero-order chi connectivity index (χ0) is 41.4. The van der Waals surface area contributed by atoms with Crippen LogP contribution in [0.15, 0.2) is 85.1 Å². The Morgan fingerprint density at radius 2 is 1.55 bits per heavy atom. The molecular weight excluding hydrogens is 753 g/mol. The van der Waals surface area contributed by atoms with Gasteiger partial charge < -0.3 is 39.4 Å². The molecular formula is C45H54N6O6S. The Bertz CT molecular complexity index is 2280. The minimum absolute atomic E-state index is 0.0875. The predicted molar refractivity (Wildman–Crippen MR) is 234 cm³/mol. The van der Waals surface area contributed by atoms with Gasteiger partial charge in [-0.1, -0.05) is 51.1 Å². The lowest BCUT2D eigenvalue weighted by Gasteiger charge is -2.32. The third-order valence-corrected chi connectivity index (χ3v) is 10.7. The fourth-order valence-electron chi connectivity index (χ4n) is 7.05. The lowest BCUT2D eigenvalue weighted by Crippen LogP contribution is -2.44. The Morgan fingerprint density at radius 3 is 2.26 bits per heavy atom. The van der Waals surface area contributed by atoms with Gasteiger partial charge in [0.05, 0.1) is 36.8 Å². The van der Waals surface area contributed by atoms with Gasteiger partial charge in [0.25, 0.3) is 0 Å². The molecule has 1 unspecified atom stereocenters. The molecule has 0 aliphatic carbocycles. The van der Waals surface area contributed by atoms with Crippen molar-refractivity contribution in [3.05, 3.63) is 107 Å². The number of nitrogens with one attached hydrogen (secondary N) is 3. The van der Waals surface area contributed by atoms with Crippen LogP contribution in [0.25, 0.3) is 10.8 Å². The Labute approximate surface area is 343 Å². The third kappa shape index (κ3) is 10.7. The van der Waals surface area contributed by atoms with Crippen molar-refractivity contribution < 1.29 is 28.0 Å². The molecule has 3 N–H and O–H groups in total. The van der Waals surface area contributed by atoms with Crippen LogP contribution in [0.4, 0.5) is 21.9 Å². The molecule has 12 nitrogen and oxygen atoms in total. The van der Waals surface area contributed by atoms with Crippen molar-refractivity contribution in [3.63, 3.8) is 0 Å². The number of aromatic nitrogens is 1. The minimum atomic E-state index is -1.36. The van der Waals surface area contributed by atoms with Crippen molar-refractivity contribution in [1.82, 2.24) is 14.8 Å². The number of likely N-dealkylation sites (N-methyl/N-ethyl adjacent to an activating group) is 1. The van der Waals surface area contributed by atoms with Gasteiger partial charge in [0, 0.05) is 74.0 Å². The van der Waals surface area contributed by atoms with E-state index in [1.165, 1.54) is 13.4 Å². The van der Waals surface area contributed by atoms with E-state index in [1.807, 2.05) is 66.7 Å². The monoisotopic (exact) mass is 806 g/mol. The van der Waals surface area contributed by atoms with Crippen molar-refractivity contribution in [2.75, 3.05) is 75.6 Å². The first kappa shape index (κ1) is 42.1. The Balaban J connectivity index is 1.13. The number of nitrogens with zero attached hydrogens (tertiary/aromatic N) is 3. The highest BCUT2D eigenvalue weighted by Crippen LogP contribution is 2.40. The largest absolute Gasteiger partial charge is 0.496 e. The molecule has 1 aliphatic rings.